The van der Waals surface area contributed by atoms with Crippen molar-refractivity contribution in [2.45, 2.75) is 19.1 Å². The van der Waals surface area contributed by atoms with Gasteiger partial charge in [-0.2, -0.15) is 0 Å². The van der Waals surface area contributed by atoms with Gasteiger partial charge >= 0.3 is 5.97 Å². The summed E-state index contributed by atoms with van der Waals surface area (Å²) in [5, 5.41) is 9.93. The van der Waals surface area contributed by atoms with Gasteiger partial charge in [0, 0.05) is 0 Å². The molecule has 22 heavy (non-hydrogen) atoms. The van der Waals surface area contributed by atoms with Gasteiger partial charge in [0.2, 0.25) is 5.91 Å². The molecule has 8 nitrogen and oxygen atoms in total. The van der Waals surface area contributed by atoms with Crippen LogP contribution in [0, 0.1) is 0 Å². The fourth-order valence-electron chi connectivity index (χ4n) is 2.24. The van der Waals surface area contributed by atoms with E-state index >= 15 is 0 Å². The van der Waals surface area contributed by atoms with Gasteiger partial charge in [-0.1, -0.05) is 12.1 Å². The lowest BCUT2D eigenvalue weighted by atomic mass is 10.1. The third kappa shape index (κ3) is 2.44. The number of nitrogens with two attached hydrogens (primary N) is 1. The Labute approximate surface area is 125 Å². The van der Waals surface area contributed by atoms with E-state index in [-0.39, 0.29) is 17.7 Å². The summed E-state index contributed by atoms with van der Waals surface area (Å²) in [5.41, 5.74) is 5.31. The molecule has 0 aromatic heterocycles. The molecule has 0 bridgehead atoms. The van der Waals surface area contributed by atoms with Crippen LogP contribution in [-0.2, 0) is 14.3 Å². The van der Waals surface area contributed by atoms with Crippen molar-refractivity contribution in [2.24, 2.45) is 5.73 Å². The zero-order valence-electron chi connectivity index (χ0n) is 11.7. The zero-order chi connectivity index (χ0) is 16.4. The smallest absolute Gasteiger partial charge is 0.337 e. The van der Waals surface area contributed by atoms with E-state index < -0.39 is 35.8 Å². The number of benzene rings is 1. The summed E-state index contributed by atoms with van der Waals surface area (Å²) in [6.45, 7) is 1.47. The molecule has 2 rings (SSSR count). The Morgan fingerprint density at radius 3 is 2.14 bits per heavy atom. The molecule has 0 fully saturated rings. The van der Waals surface area contributed by atoms with Crippen LogP contribution in [0.2, 0.25) is 0 Å². The van der Waals surface area contributed by atoms with Gasteiger partial charge in [0.05, 0.1) is 17.7 Å². The minimum absolute atomic E-state index is 0.0382. The molecule has 1 aromatic carbocycles. The standard InChI is InChI=1S/C14H14N2O6/c1-2-22-14(21)10(17)9(11(15)18)16-12(19)7-5-3-4-6-8(7)13(16)20/h3-6,9-10,17H,2H2,1H3,(H2,15,18)/t9-,10+/m0/s1. The van der Waals surface area contributed by atoms with Gasteiger partial charge in [-0.3, -0.25) is 19.3 Å². The maximum atomic E-state index is 12.3. The lowest BCUT2D eigenvalue weighted by Gasteiger charge is -2.26. The molecular weight excluding hydrogens is 292 g/mol. The van der Waals surface area contributed by atoms with E-state index in [2.05, 4.69) is 4.74 Å². The van der Waals surface area contributed by atoms with Gasteiger partial charge in [0.25, 0.3) is 11.8 Å². The molecule has 8 heteroatoms. The number of amides is 3. The number of imide groups is 1. The average Bonchev–Trinajstić information content (AvgIpc) is 2.73. The van der Waals surface area contributed by atoms with Crippen LogP contribution in [0.4, 0.5) is 0 Å². The van der Waals surface area contributed by atoms with Crippen molar-refractivity contribution in [2.75, 3.05) is 6.61 Å². The van der Waals surface area contributed by atoms with Crippen molar-refractivity contribution >= 4 is 23.7 Å². The molecule has 0 saturated carbocycles. The Kier molecular flexibility index (Phi) is 4.22. The molecule has 1 aromatic rings. The lowest BCUT2D eigenvalue weighted by molar-refractivity contribution is -0.158. The Morgan fingerprint density at radius 1 is 1.23 bits per heavy atom. The van der Waals surface area contributed by atoms with E-state index in [4.69, 9.17) is 5.73 Å². The number of rotatable bonds is 5. The molecular formula is C14H14N2O6. The average molecular weight is 306 g/mol. The summed E-state index contributed by atoms with van der Waals surface area (Å²) in [5.74, 6) is -3.92. The second-order valence-electron chi connectivity index (χ2n) is 4.57. The maximum Gasteiger partial charge on any atom is 0.337 e. The van der Waals surface area contributed by atoms with Crippen LogP contribution in [-0.4, -0.2) is 52.4 Å². The molecule has 2 atom stereocenters. The second kappa shape index (κ2) is 5.94. The minimum Gasteiger partial charge on any atom is -0.464 e. The fraction of sp³-hybridized carbons (Fsp3) is 0.286. The quantitative estimate of drug-likeness (QED) is 0.534. The minimum atomic E-state index is -2.04. The highest BCUT2D eigenvalue weighted by atomic mass is 16.5. The first-order chi connectivity index (χ1) is 10.4. The van der Waals surface area contributed by atoms with E-state index in [1.807, 2.05) is 0 Å². The summed E-state index contributed by atoms with van der Waals surface area (Å²) in [4.78, 5) is 48.2. The summed E-state index contributed by atoms with van der Waals surface area (Å²) in [7, 11) is 0. The topological polar surface area (TPSA) is 127 Å². The summed E-state index contributed by atoms with van der Waals surface area (Å²) < 4.78 is 4.60. The molecule has 3 amide bonds. The van der Waals surface area contributed by atoms with Crippen LogP contribution in [0.25, 0.3) is 0 Å². The van der Waals surface area contributed by atoms with Crippen molar-refractivity contribution in [3.8, 4) is 0 Å². The number of fused-ring (bicyclic) bond motifs is 1. The Hall–Kier alpha value is -2.74. The molecule has 0 radical (unpaired) electrons. The molecule has 0 spiro atoms. The largest absolute Gasteiger partial charge is 0.464 e. The van der Waals surface area contributed by atoms with Gasteiger partial charge in [0.15, 0.2) is 12.1 Å². The second-order valence-corrected chi connectivity index (χ2v) is 4.57. The molecule has 3 N–H and O–H groups in total. The Bertz CT molecular complexity index is 621. The molecule has 1 aliphatic rings. The fourth-order valence-corrected chi connectivity index (χ4v) is 2.24. The number of primary amides is 1. The summed E-state index contributed by atoms with van der Waals surface area (Å²) in [6.07, 6.45) is -2.04. The molecule has 0 saturated heterocycles. The number of carbonyl (C=O) groups excluding carboxylic acids is 4. The molecule has 116 valence electrons. The molecule has 0 aliphatic carbocycles. The van der Waals surface area contributed by atoms with Crippen molar-refractivity contribution < 1.29 is 29.0 Å². The molecule has 1 aliphatic heterocycles. The first-order valence-electron chi connectivity index (χ1n) is 6.51. The highest BCUT2D eigenvalue weighted by molar-refractivity contribution is 6.23. The van der Waals surface area contributed by atoms with Crippen molar-refractivity contribution in [1.82, 2.24) is 4.90 Å². The van der Waals surface area contributed by atoms with Crippen LogP contribution in [0.3, 0.4) is 0 Å². The van der Waals surface area contributed by atoms with Crippen molar-refractivity contribution in [3.05, 3.63) is 35.4 Å². The van der Waals surface area contributed by atoms with E-state index in [1.54, 1.807) is 12.1 Å². The number of nitrogens with zero attached hydrogens (tertiary/aromatic N) is 1. The number of aliphatic hydroxyl groups is 1. The third-order valence-corrected chi connectivity index (χ3v) is 3.22. The van der Waals surface area contributed by atoms with E-state index in [0.29, 0.717) is 4.90 Å². The summed E-state index contributed by atoms with van der Waals surface area (Å²) in [6, 6.07) is 4.09. The number of esters is 1. The maximum absolute atomic E-state index is 12.3. The monoisotopic (exact) mass is 306 g/mol. The lowest BCUT2D eigenvalue weighted by Crippen LogP contribution is -2.56. The predicted octanol–water partition coefficient (Wildman–Crippen LogP) is -0.939. The van der Waals surface area contributed by atoms with Crippen molar-refractivity contribution in [1.29, 1.82) is 0 Å². The van der Waals surface area contributed by atoms with Gasteiger partial charge < -0.3 is 15.6 Å². The van der Waals surface area contributed by atoms with Gasteiger partial charge in [0.1, 0.15) is 0 Å². The van der Waals surface area contributed by atoms with Gasteiger partial charge in [-0.15, -0.1) is 0 Å². The van der Waals surface area contributed by atoms with Gasteiger partial charge in [-0.05, 0) is 19.1 Å². The number of hydrogen-bond donors (Lipinski definition) is 2. The van der Waals surface area contributed by atoms with Crippen LogP contribution >= 0.6 is 0 Å². The highest BCUT2D eigenvalue weighted by Crippen LogP contribution is 2.25. The van der Waals surface area contributed by atoms with E-state index in [1.165, 1.54) is 19.1 Å². The van der Waals surface area contributed by atoms with Crippen LogP contribution in [0.5, 0.6) is 0 Å². The van der Waals surface area contributed by atoms with Crippen LogP contribution in [0.15, 0.2) is 24.3 Å². The first-order valence-corrected chi connectivity index (χ1v) is 6.51. The molecule has 0 unspecified atom stereocenters. The van der Waals surface area contributed by atoms with E-state index in [9.17, 15) is 24.3 Å². The predicted molar refractivity (Wildman–Crippen MR) is 72.6 cm³/mol. The number of carbonyl (C=O) groups is 4. The van der Waals surface area contributed by atoms with E-state index in [0.717, 1.165) is 0 Å². The SMILES string of the molecule is CCOC(=O)[C@H](O)[C@@H](C(N)=O)N1C(=O)c2ccccc2C1=O. The first kappa shape index (κ1) is 15.6. The normalized spacial score (nSPS) is 16.2. The zero-order valence-corrected chi connectivity index (χ0v) is 11.7. The third-order valence-electron chi connectivity index (χ3n) is 3.22. The number of ether oxygens (including phenoxy) is 1. The highest BCUT2D eigenvalue weighted by Gasteiger charge is 2.47. The summed E-state index contributed by atoms with van der Waals surface area (Å²) >= 11 is 0. The Balaban J connectivity index is 2.39. The molecule has 1 heterocycles. The van der Waals surface area contributed by atoms with Crippen LogP contribution in [0.1, 0.15) is 27.6 Å². The van der Waals surface area contributed by atoms with Gasteiger partial charge in [-0.25, -0.2) is 4.79 Å². The van der Waals surface area contributed by atoms with Crippen LogP contribution < -0.4 is 5.73 Å². The number of aliphatic hydroxyl groups excluding tert-OH is 1. The Morgan fingerprint density at radius 2 is 1.73 bits per heavy atom. The number of hydrogen-bond acceptors (Lipinski definition) is 6. The van der Waals surface area contributed by atoms with Crippen molar-refractivity contribution in [3.63, 3.8) is 0 Å².